The molecule has 3 aromatic rings. The molecule has 5 nitrogen and oxygen atoms in total. The van der Waals surface area contributed by atoms with Gasteiger partial charge in [-0.25, -0.2) is 14.4 Å². The number of nitrogens with zero attached hydrogens (tertiary/aromatic N) is 4. The quantitative estimate of drug-likeness (QED) is 0.725. The Labute approximate surface area is 143 Å². The molecular formula is C17H17FN4OS. The molecule has 1 fully saturated rings. The van der Waals surface area contributed by atoms with Gasteiger partial charge in [0.15, 0.2) is 5.13 Å². The van der Waals surface area contributed by atoms with E-state index in [1.807, 2.05) is 6.07 Å². The second-order valence-electron chi connectivity index (χ2n) is 5.89. The van der Waals surface area contributed by atoms with Crippen molar-refractivity contribution in [2.24, 2.45) is 5.92 Å². The molecule has 0 aliphatic carbocycles. The average Bonchev–Trinajstić information content (AvgIpc) is 3.07. The van der Waals surface area contributed by atoms with Crippen molar-refractivity contribution in [1.29, 1.82) is 0 Å². The van der Waals surface area contributed by atoms with Crippen molar-refractivity contribution >= 4 is 26.7 Å². The lowest BCUT2D eigenvalue weighted by Crippen LogP contribution is -2.37. The van der Waals surface area contributed by atoms with E-state index < -0.39 is 0 Å². The van der Waals surface area contributed by atoms with Crippen molar-refractivity contribution in [2.75, 3.05) is 24.6 Å². The minimum Gasteiger partial charge on any atom is -0.476 e. The molecule has 2 aromatic heterocycles. The molecule has 7 heteroatoms. The predicted molar refractivity (Wildman–Crippen MR) is 92.0 cm³/mol. The summed E-state index contributed by atoms with van der Waals surface area (Å²) in [5.74, 6) is 0.698. The Morgan fingerprint density at radius 2 is 2.29 bits per heavy atom. The van der Waals surface area contributed by atoms with Gasteiger partial charge in [-0.2, -0.15) is 0 Å². The minimum absolute atomic E-state index is 0.255. The van der Waals surface area contributed by atoms with E-state index in [1.54, 1.807) is 36.0 Å². The monoisotopic (exact) mass is 344 g/mol. The normalized spacial score (nSPS) is 18.0. The summed E-state index contributed by atoms with van der Waals surface area (Å²) in [6.07, 6.45) is 7.06. The van der Waals surface area contributed by atoms with Crippen LogP contribution in [0.15, 0.2) is 36.8 Å². The standard InChI is InChI=1S/C17H17FN4OS/c18-13-4-1-5-14-16(13)21-17(24-14)22-8-2-3-12(10-22)11-23-15-9-19-6-7-20-15/h1,4-7,9,12H,2-3,8,10-11H2. The van der Waals surface area contributed by atoms with Crippen LogP contribution >= 0.6 is 11.3 Å². The third kappa shape index (κ3) is 3.17. The summed E-state index contributed by atoms with van der Waals surface area (Å²) in [4.78, 5) is 14.9. The number of benzene rings is 1. The SMILES string of the molecule is Fc1cccc2sc(N3CCCC(COc4cnccn4)C3)nc12. The van der Waals surface area contributed by atoms with Crippen molar-refractivity contribution in [2.45, 2.75) is 12.8 Å². The van der Waals surface area contributed by atoms with Gasteiger partial charge in [-0.3, -0.25) is 4.98 Å². The first-order valence-electron chi connectivity index (χ1n) is 7.98. The number of anilines is 1. The maximum Gasteiger partial charge on any atom is 0.232 e. The van der Waals surface area contributed by atoms with E-state index in [-0.39, 0.29) is 5.82 Å². The number of thiazole rings is 1. The molecule has 1 saturated heterocycles. The lowest BCUT2D eigenvalue weighted by Gasteiger charge is -2.32. The third-order valence-corrected chi connectivity index (χ3v) is 5.24. The van der Waals surface area contributed by atoms with Crippen molar-refractivity contribution in [3.8, 4) is 5.88 Å². The summed E-state index contributed by atoms with van der Waals surface area (Å²) in [6, 6.07) is 5.10. The fourth-order valence-electron chi connectivity index (χ4n) is 2.98. The first kappa shape index (κ1) is 15.3. The number of hydrogen-bond donors (Lipinski definition) is 0. The van der Waals surface area contributed by atoms with Gasteiger partial charge in [0.1, 0.15) is 11.3 Å². The second-order valence-corrected chi connectivity index (χ2v) is 6.90. The Morgan fingerprint density at radius 1 is 1.33 bits per heavy atom. The van der Waals surface area contributed by atoms with Crippen LogP contribution in [0.4, 0.5) is 9.52 Å². The van der Waals surface area contributed by atoms with Crippen LogP contribution in [0.25, 0.3) is 10.2 Å². The molecule has 24 heavy (non-hydrogen) atoms. The van der Waals surface area contributed by atoms with Crippen LogP contribution in [0, 0.1) is 11.7 Å². The molecule has 0 spiro atoms. The van der Waals surface area contributed by atoms with E-state index in [0.29, 0.717) is 23.9 Å². The van der Waals surface area contributed by atoms with E-state index in [0.717, 1.165) is 35.8 Å². The lowest BCUT2D eigenvalue weighted by atomic mass is 9.99. The van der Waals surface area contributed by atoms with Crippen LogP contribution in [-0.4, -0.2) is 34.6 Å². The van der Waals surface area contributed by atoms with Gasteiger partial charge >= 0.3 is 0 Å². The molecule has 0 N–H and O–H groups in total. The van der Waals surface area contributed by atoms with Crippen molar-refractivity contribution in [1.82, 2.24) is 15.0 Å². The number of fused-ring (bicyclic) bond motifs is 1. The summed E-state index contributed by atoms with van der Waals surface area (Å²) in [7, 11) is 0. The summed E-state index contributed by atoms with van der Waals surface area (Å²) in [5.41, 5.74) is 0.468. The molecule has 0 saturated carbocycles. The van der Waals surface area contributed by atoms with Gasteiger partial charge in [0.25, 0.3) is 0 Å². The number of ether oxygens (including phenoxy) is 1. The number of para-hydroxylation sites is 1. The topological polar surface area (TPSA) is 51.1 Å². The molecule has 0 amide bonds. The molecule has 124 valence electrons. The summed E-state index contributed by atoms with van der Waals surface area (Å²) >= 11 is 1.55. The van der Waals surface area contributed by atoms with E-state index in [4.69, 9.17) is 4.74 Å². The smallest absolute Gasteiger partial charge is 0.232 e. The summed E-state index contributed by atoms with van der Waals surface area (Å²) in [6.45, 7) is 2.42. The number of hydrogen-bond acceptors (Lipinski definition) is 6. The second kappa shape index (κ2) is 6.68. The molecule has 1 aliphatic rings. The van der Waals surface area contributed by atoms with Crippen LogP contribution in [0.2, 0.25) is 0 Å². The van der Waals surface area contributed by atoms with Crippen LogP contribution in [0.3, 0.4) is 0 Å². The molecular weight excluding hydrogens is 327 g/mol. The highest BCUT2D eigenvalue weighted by Gasteiger charge is 2.23. The number of piperidine rings is 1. The van der Waals surface area contributed by atoms with Crippen molar-refractivity contribution in [3.63, 3.8) is 0 Å². The highest BCUT2D eigenvalue weighted by molar-refractivity contribution is 7.22. The molecule has 3 heterocycles. The number of halogens is 1. The van der Waals surface area contributed by atoms with Crippen LogP contribution in [-0.2, 0) is 0 Å². The van der Waals surface area contributed by atoms with Gasteiger partial charge in [-0.15, -0.1) is 0 Å². The first-order chi connectivity index (χ1) is 11.8. The maximum absolute atomic E-state index is 13.8. The average molecular weight is 344 g/mol. The predicted octanol–water partition coefficient (Wildman–Crippen LogP) is 3.52. The third-order valence-electron chi connectivity index (χ3n) is 4.15. The molecule has 0 radical (unpaired) electrons. The molecule has 4 rings (SSSR count). The van der Waals surface area contributed by atoms with Crippen LogP contribution in [0.5, 0.6) is 5.88 Å². The zero-order valence-electron chi connectivity index (χ0n) is 13.1. The Balaban J connectivity index is 1.45. The molecule has 1 unspecified atom stereocenters. The zero-order valence-corrected chi connectivity index (χ0v) is 13.9. The van der Waals surface area contributed by atoms with Gasteiger partial charge in [0, 0.05) is 31.4 Å². The fourth-order valence-corrected chi connectivity index (χ4v) is 3.99. The Morgan fingerprint density at radius 3 is 3.12 bits per heavy atom. The van der Waals surface area contributed by atoms with Crippen molar-refractivity contribution in [3.05, 3.63) is 42.6 Å². The van der Waals surface area contributed by atoms with E-state index in [1.165, 1.54) is 6.07 Å². The Bertz CT molecular complexity index is 826. The van der Waals surface area contributed by atoms with Gasteiger partial charge in [-0.05, 0) is 25.0 Å². The largest absolute Gasteiger partial charge is 0.476 e. The van der Waals surface area contributed by atoms with E-state index >= 15 is 0 Å². The van der Waals surface area contributed by atoms with Gasteiger partial charge < -0.3 is 9.64 Å². The Hall–Kier alpha value is -2.28. The first-order valence-corrected chi connectivity index (χ1v) is 8.80. The highest BCUT2D eigenvalue weighted by Crippen LogP contribution is 2.32. The number of aromatic nitrogens is 3. The van der Waals surface area contributed by atoms with Crippen LogP contribution in [0.1, 0.15) is 12.8 Å². The van der Waals surface area contributed by atoms with Crippen molar-refractivity contribution < 1.29 is 9.13 Å². The Kier molecular flexibility index (Phi) is 4.25. The lowest BCUT2D eigenvalue weighted by molar-refractivity contribution is 0.221. The zero-order chi connectivity index (χ0) is 16.4. The summed E-state index contributed by atoms with van der Waals surface area (Å²) < 4.78 is 20.5. The molecule has 0 bridgehead atoms. The molecule has 1 atom stereocenters. The molecule has 1 aromatic carbocycles. The van der Waals surface area contributed by atoms with Gasteiger partial charge in [-0.1, -0.05) is 17.4 Å². The van der Waals surface area contributed by atoms with Gasteiger partial charge in [0.2, 0.25) is 5.88 Å². The highest BCUT2D eigenvalue weighted by atomic mass is 32.1. The molecule has 1 aliphatic heterocycles. The fraction of sp³-hybridized carbons (Fsp3) is 0.353. The summed E-state index contributed by atoms with van der Waals surface area (Å²) in [5, 5.41) is 0.888. The maximum atomic E-state index is 13.8. The number of rotatable bonds is 4. The van der Waals surface area contributed by atoms with Gasteiger partial charge in [0.05, 0.1) is 17.5 Å². The van der Waals surface area contributed by atoms with Crippen LogP contribution < -0.4 is 9.64 Å². The minimum atomic E-state index is -0.255. The van der Waals surface area contributed by atoms with E-state index in [2.05, 4.69) is 19.9 Å². The van der Waals surface area contributed by atoms with E-state index in [9.17, 15) is 4.39 Å².